The molecule has 1 aromatic heterocycles. The van der Waals surface area contributed by atoms with Crippen molar-refractivity contribution in [1.82, 2.24) is 9.88 Å². The Bertz CT molecular complexity index is 1220. The fourth-order valence-corrected chi connectivity index (χ4v) is 4.37. The number of imidazole rings is 1. The van der Waals surface area contributed by atoms with Gasteiger partial charge in [0.2, 0.25) is 6.33 Å². The standard InChI is InChI=1S/C28H31N3O5/c1-4-35-22-10-6-20(7-11-22)25-24(26(32)21-8-12-23(13-9-21)36-19(2)3)27(33)28(34)31(25)16-5-15-30-17-14-29-18-30/h6-14,17-19,25H,4-5,15-16H2,1-3H3,(H,32,33)/p+1. The Morgan fingerprint density at radius 2 is 1.78 bits per heavy atom. The van der Waals surface area contributed by atoms with Gasteiger partial charge >= 0.3 is 0 Å². The molecule has 3 aromatic rings. The molecule has 36 heavy (non-hydrogen) atoms. The minimum Gasteiger partial charge on any atom is -0.507 e. The van der Waals surface area contributed by atoms with E-state index in [1.807, 2.05) is 68.3 Å². The van der Waals surface area contributed by atoms with Crippen molar-refractivity contribution in [2.24, 2.45) is 0 Å². The third kappa shape index (κ3) is 5.43. The molecule has 2 heterocycles. The number of aromatic nitrogens is 2. The number of Topliss-reactive ketones (excluding diaryl/α,β-unsaturated/α-hetero) is 1. The normalized spacial score (nSPS) is 17.1. The maximum absolute atomic E-state index is 13.2. The molecule has 8 nitrogen and oxygen atoms in total. The summed E-state index contributed by atoms with van der Waals surface area (Å²) in [6.07, 6.45) is 6.22. The van der Waals surface area contributed by atoms with Gasteiger partial charge in [0.1, 0.15) is 29.7 Å². The molecule has 1 aliphatic rings. The maximum atomic E-state index is 13.2. The van der Waals surface area contributed by atoms with Crippen molar-refractivity contribution in [3.05, 3.63) is 84.0 Å². The first-order valence-corrected chi connectivity index (χ1v) is 12.2. The average molecular weight is 491 g/mol. The summed E-state index contributed by atoms with van der Waals surface area (Å²) in [6.45, 7) is 7.34. The molecule has 8 heteroatoms. The Labute approximate surface area is 210 Å². The molecule has 0 bridgehead atoms. The van der Waals surface area contributed by atoms with Crippen molar-refractivity contribution in [2.45, 2.75) is 45.9 Å². The molecule has 1 fully saturated rings. The molecule has 188 valence electrons. The van der Waals surface area contributed by atoms with Crippen LogP contribution in [0.5, 0.6) is 11.5 Å². The van der Waals surface area contributed by atoms with E-state index in [4.69, 9.17) is 9.47 Å². The lowest BCUT2D eigenvalue weighted by molar-refractivity contribution is -0.695. The van der Waals surface area contributed by atoms with Crippen LogP contribution < -0.4 is 14.0 Å². The number of rotatable bonds is 10. The molecule has 1 saturated heterocycles. The first-order valence-electron chi connectivity index (χ1n) is 12.2. The minimum atomic E-state index is -0.705. The van der Waals surface area contributed by atoms with E-state index in [2.05, 4.69) is 4.98 Å². The van der Waals surface area contributed by atoms with E-state index in [1.54, 1.807) is 29.2 Å². The summed E-state index contributed by atoms with van der Waals surface area (Å²) in [5.41, 5.74) is 1.26. The van der Waals surface area contributed by atoms with Gasteiger partial charge in [0.15, 0.2) is 0 Å². The molecular formula is C28H32N3O5+. The number of aliphatic hydroxyl groups excluding tert-OH is 1. The molecule has 0 radical (unpaired) electrons. The summed E-state index contributed by atoms with van der Waals surface area (Å²) in [5.74, 6) is -0.154. The van der Waals surface area contributed by atoms with Crippen molar-refractivity contribution in [1.29, 1.82) is 0 Å². The molecule has 0 aliphatic carbocycles. The van der Waals surface area contributed by atoms with Gasteiger partial charge in [-0.3, -0.25) is 14.6 Å². The second-order valence-electron chi connectivity index (χ2n) is 8.89. The molecular weight excluding hydrogens is 458 g/mol. The number of ether oxygens (including phenoxy) is 2. The van der Waals surface area contributed by atoms with E-state index in [0.717, 1.165) is 5.56 Å². The molecule has 2 N–H and O–H groups in total. The minimum absolute atomic E-state index is 0.0128. The van der Waals surface area contributed by atoms with E-state index < -0.39 is 17.7 Å². The van der Waals surface area contributed by atoms with Crippen LogP contribution in [0.2, 0.25) is 0 Å². The maximum Gasteiger partial charge on any atom is 0.295 e. The van der Waals surface area contributed by atoms with E-state index in [-0.39, 0.29) is 17.4 Å². The fourth-order valence-electron chi connectivity index (χ4n) is 4.37. The smallest absolute Gasteiger partial charge is 0.295 e. The first-order chi connectivity index (χ1) is 17.4. The first kappa shape index (κ1) is 25.0. The van der Waals surface area contributed by atoms with Gasteiger partial charge in [0.25, 0.3) is 11.7 Å². The number of hydrogen-bond acceptors (Lipinski definition) is 5. The second-order valence-corrected chi connectivity index (χ2v) is 8.89. The summed E-state index contributed by atoms with van der Waals surface area (Å²) in [7, 11) is 0. The molecule has 0 spiro atoms. The molecule has 1 amide bonds. The monoisotopic (exact) mass is 490 g/mol. The van der Waals surface area contributed by atoms with Gasteiger partial charge in [-0.15, -0.1) is 0 Å². The van der Waals surface area contributed by atoms with E-state index >= 15 is 0 Å². The number of likely N-dealkylation sites (tertiary alicyclic amines) is 1. The van der Waals surface area contributed by atoms with Crippen molar-refractivity contribution >= 4 is 17.4 Å². The van der Waals surface area contributed by atoms with Gasteiger partial charge in [0.05, 0.1) is 30.9 Å². The highest BCUT2D eigenvalue weighted by atomic mass is 16.5. The molecule has 1 unspecified atom stereocenters. The molecule has 1 atom stereocenters. The highest BCUT2D eigenvalue weighted by Crippen LogP contribution is 2.40. The number of carbonyl (C=O) groups excluding carboxylic acids is 2. The Balaban J connectivity index is 1.69. The average Bonchev–Trinajstić information content (AvgIpc) is 3.47. The van der Waals surface area contributed by atoms with E-state index in [0.29, 0.717) is 43.2 Å². The van der Waals surface area contributed by atoms with Gasteiger partial charge in [-0.1, -0.05) is 12.1 Å². The van der Waals surface area contributed by atoms with Crippen LogP contribution in [0.15, 0.2) is 72.8 Å². The highest BCUT2D eigenvalue weighted by molar-refractivity contribution is 6.46. The van der Waals surface area contributed by atoms with Gasteiger partial charge in [0, 0.05) is 18.5 Å². The third-order valence-corrected chi connectivity index (χ3v) is 5.96. The zero-order valence-corrected chi connectivity index (χ0v) is 20.8. The highest BCUT2D eigenvalue weighted by Gasteiger charge is 2.45. The van der Waals surface area contributed by atoms with Crippen LogP contribution in [-0.4, -0.2) is 45.9 Å². The lowest BCUT2D eigenvalue weighted by Crippen LogP contribution is -2.36. The number of aliphatic hydroxyl groups is 1. The molecule has 0 saturated carbocycles. The van der Waals surface area contributed by atoms with Gasteiger partial charge < -0.3 is 19.5 Å². The SMILES string of the molecule is CCOc1ccc(C2/C(=C(\O)c3ccc(OC(C)C)cc3)C(=O)C(=O)N2CCC[n+]2cc[nH]c2)cc1. The summed E-state index contributed by atoms with van der Waals surface area (Å²) in [6, 6.07) is 13.5. The summed E-state index contributed by atoms with van der Waals surface area (Å²) in [5, 5.41) is 11.3. The number of nitrogens with zero attached hydrogens (tertiary/aromatic N) is 2. The lowest BCUT2D eigenvalue weighted by Gasteiger charge is -2.25. The number of H-pyrrole nitrogens is 1. The second kappa shape index (κ2) is 11.1. The summed E-state index contributed by atoms with van der Waals surface area (Å²) < 4.78 is 13.2. The van der Waals surface area contributed by atoms with Crippen LogP contribution in [0.25, 0.3) is 5.76 Å². The van der Waals surface area contributed by atoms with Gasteiger partial charge in [-0.25, -0.2) is 4.57 Å². The van der Waals surface area contributed by atoms with Crippen LogP contribution in [-0.2, 0) is 16.1 Å². The van der Waals surface area contributed by atoms with Gasteiger partial charge in [-0.05, 0) is 62.7 Å². The zero-order chi connectivity index (χ0) is 25.7. The summed E-state index contributed by atoms with van der Waals surface area (Å²) in [4.78, 5) is 30.9. The third-order valence-electron chi connectivity index (χ3n) is 5.96. The number of carbonyl (C=O) groups is 2. The zero-order valence-electron chi connectivity index (χ0n) is 20.8. The van der Waals surface area contributed by atoms with Crippen LogP contribution in [0.4, 0.5) is 0 Å². The van der Waals surface area contributed by atoms with E-state index in [9.17, 15) is 14.7 Å². The van der Waals surface area contributed by atoms with Crippen LogP contribution in [0, 0.1) is 0 Å². The Morgan fingerprint density at radius 1 is 1.08 bits per heavy atom. The van der Waals surface area contributed by atoms with Crippen LogP contribution >= 0.6 is 0 Å². The fraction of sp³-hybridized carbons (Fsp3) is 0.321. The Morgan fingerprint density at radius 3 is 2.39 bits per heavy atom. The molecule has 4 rings (SSSR count). The van der Waals surface area contributed by atoms with Crippen LogP contribution in [0.1, 0.15) is 44.4 Å². The van der Waals surface area contributed by atoms with Crippen molar-refractivity contribution in [3.8, 4) is 11.5 Å². The quantitative estimate of drug-likeness (QED) is 0.194. The number of ketones is 1. The Kier molecular flexibility index (Phi) is 7.73. The van der Waals surface area contributed by atoms with Crippen molar-refractivity contribution < 1.29 is 28.7 Å². The van der Waals surface area contributed by atoms with Gasteiger partial charge in [-0.2, -0.15) is 0 Å². The largest absolute Gasteiger partial charge is 0.507 e. The lowest BCUT2D eigenvalue weighted by atomic mass is 9.95. The Hall–Kier alpha value is -4.07. The van der Waals surface area contributed by atoms with Crippen molar-refractivity contribution in [2.75, 3.05) is 13.2 Å². The number of hydrogen-bond donors (Lipinski definition) is 2. The molecule has 2 aromatic carbocycles. The number of benzene rings is 2. The summed E-state index contributed by atoms with van der Waals surface area (Å²) >= 11 is 0. The topological polar surface area (TPSA) is 95.7 Å². The van der Waals surface area contributed by atoms with E-state index in [1.165, 1.54) is 0 Å². The number of amides is 1. The number of aryl methyl sites for hydroxylation is 1. The van der Waals surface area contributed by atoms with Crippen LogP contribution in [0.3, 0.4) is 0 Å². The number of nitrogens with one attached hydrogen (secondary N) is 1. The predicted octanol–water partition coefficient (Wildman–Crippen LogP) is 4.00. The number of aromatic amines is 1. The predicted molar refractivity (Wildman–Crippen MR) is 134 cm³/mol. The van der Waals surface area contributed by atoms with Crippen molar-refractivity contribution in [3.63, 3.8) is 0 Å². The molecule has 1 aliphatic heterocycles.